The summed E-state index contributed by atoms with van der Waals surface area (Å²) in [6, 6.07) is 11.5. The summed E-state index contributed by atoms with van der Waals surface area (Å²) in [6.45, 7) is 0. The number of hydrogen-bond donors (Lipinski definition) is 3. The van der Waals surface area contributed by atoms with E-state index in [1.165, 1.54) is 24.5 Å². The normalized spacial score (nSPS) is 18.9. The van der Waals surface area contributed by atoms with Crippen molar-refractivity contribution in [2.24, 2.45) is 17.6 Å². The molecule has 29 heavy (non-hydrogen) atoms. The molecule has 156 valence electrons. The summed E-state index contributed by atoms with van der Waals surface area (Å²) in [5, 5.41) is 19.5. The molecule has 0 heterocycles. The predicted octanol–water partition coefficient (Wildman–Crippen LogP) is 3.32. The predicted molar refractivity (Wildman–Crippen MR) is 110 cm³/mol. The Morgan fingerprint density at radius 3 is 2.45 bits per heavy atom. The lowest BCUT2D eigenvalue weighted by Gasteiger charge is -2.39. The molecule has 0 radical (unpaired) electrons. The first kappa shape index (κ1) is 23.2. The van der Waals surface area contributed by atoms with E-state index in [2.05, 4.69) is 6.07 Å². The molecular weight excluding hydrogens is 372 g/mol. The van der Waals surface area contributed by atoms with Gasteiger partial charge in [-0.25, -0.2) is 4.39 Å². The topological polar surface area (TPSA) is 101 Å². The van der Waals surface area contributed by atoms with Crippen LogP contribution in [0.25, 0.3) is 10.8 Å². The third-order valence-electron chi connectivity index (χ3n) is 5.91. The van der Waals surface area contributed by atoms with Gasteiger partial charge in [0.2, 0.25) is 0 Å². The third-order valence-corrected chi connectivity index (χ3v) is 5.91. The van der Waals surface area contributed by atoms with Gasteiger partial charge in [0.05, 0.1) is 0 Å². The number of nitrogens with two attached hydrogens (primary N) is 1. The zero-order valence-corrected chi connectivity index (χ0v) is 16.6. The van der Waals surface area contributed by atoms with Crippen molar-refractivity contribution in [2.75, 3.05) is 0 Å². The molecule has 0 aliphatic heterocycles. The molecule has 2 aromatic carbocycles. The van der Waals surface area contributed by atoms with Gasteiger partial charge in [-0.3, -0.25) is 0 Å². The van der Waals surface area contributed by atoms with Crippen LogP contribution in [0.4, 0.5) is 4.39 Å². The smallest absolute Gasteiger partial charge is 0.427 e. The van der Waals surface area contributed by atoms with Crippen LogP contribution >= 0.6 is 0 Å². The number of unbranched alkanes of at least 4 members (excludes halogenated alkanes) is 1. The van der Waals surface area contributed by atoms with Gasteiger partial charge in [-0.15, -0.1) is 0 Å². The molecule has 7 heteroatoms. The molecule has 0 saturated heterocycles. The van der Waals surface area contributed by atoms with Crippen molar-refractivity contribution in [2.45, 2.75) is 57.3 Å². The first-order chi connectivity index (χ1) is 14.0. The molecule has 1 aliphatic carbocycles. The van der Waals surface area contributed by atoms with Gasteiger partial charge in [0, 0.05) is 11.4 Å². The highest BCUT2D eigenvalue weighted by molar-refractivity contribution is 6.40. The van der Waals surface area contributed by atoms with Gasteiger partial charge in [-0.05, 0) is 67.3 Å². The fourth-order valence-corrected chi connectivity index (χ4v) is 4.23. The van der Waals surface area contributed by atoms with E-state index in [0.717, 1.165) is 37.5 Å². The monoisotopic (exact) mass is 401 g/mol. The van der Waals surface area contributed by atoms with Crippen LogP contribution in [0.1, 0.15) is 44.1 Å². The molecule has 4 N–H and O–H groups in total. The summed E-state index contributed by atoms with van der Waals surface area (Å²) in [5.41, 5.74) is 7.52. The van der Waals surface area contributed by atoms with Crippen LogP contribution < -0.4 is 5.73 Å². The van der Waals surface area contributed by atoms with Crippen molar-refractivity contribution in [1.29, 1.82) is 0 Å². The SMILES string of the molecule is NC(CCCCB(O)O)C1CC(CCc2cccc3c(F)cccc23)C1.O=C=O. The van der Waals surface area contributed by atoms with Crippen LogP contribution in [-0.2, 0) is 16.0 Å². The van der Waals surface area contributed by atoms with Gasteiger partial charge < -0.3 is 15.8 Å². The first-order valence-electron chi connectivity index (χ1n) is 10.2. The van der Waals surface area contributed by atoms with Gasteiger partial charge in [-0.1, -0.05) is 43.2 Å². The van der Waals surface area contributed by atoms with Crippen LogP contribution in [0.2, 0.25) is 6.32 Å². The van der Waals surface area contributed by atoms with Crippen LogP contribution in [0.15, 0.2) is 36.4 Å². The number of halogens is 1. The molecular formula is C22H29BFNO4. The summed E-state index contributed by atoms with van der Waals surface area (Å²) in [6.07, 6.45) is 7.92. The fourth-order valence-electron chi connectivity index (χ4n) is 4.23. The van der Waals surface area contributed by atoms with E-state index in [1.54, 1.807) is 6.07 Å². The molecule has 1 atom stereocenters. The minimum Gasteiger partial charge on any atom is -0.427 e. The second-order valence-corrected chi connectivity index (χ2v) is 7.90. The summed E-state index contributed by atoms with van der Waals surface area (Å²) in [4.78, 5) is 16.2. The maximum absolute atomic E-state index is 13.9. The number of aryl methyl sites for hydroxylation is 1. The Hall–Kier alpha value is -2.05. The lowest BCUT2D eigenvalue weighted by Crippen LogP contribution is -2.39. The highest BCUT2D eigenvalue weighted by Gasteiger charge is 2.32. The van der Waals surface area contributed by atoms with Gasteiger partial charge in [0.25, 0.3) is 0 Å². The van der Waals surface area contributed by atoms with E-state index in [-0.39, 0.29) is 18.0 Å². The van der Waals surface area contributed by atoms with Crippen LogP contribution in [-0.4, -0.2) is 29.4 Å². The molecule has 0 spiro atoms. The summed E-state index contributed by atoms with van der Waals surface area (Å²) < 4.78 is 13.9. The Bertz CT molecular complexity index is 804. The standard InChI is InChI=1S/C21H29BFNO2.CO2/c23-20-8-4-6-18-16(5-3-7-19(18)20)11-10-15-13-17(14-15)21(24)9-1-2-12-22(25)26;2-1-3/h3-8,15,17,21,25-26H,1-2,9-14,24H2;. The molecule has 0 amide bonds. The van der Waals surface area contributed by atoms with Crippen molar-refractivity contribution in [3.63, 3.8) is 0 Å². The Labute approximate surface area is 171 Å². The van der Waals surface area contributed by atoms with E-state index in [9.17, 15) is 4.39 Å². The number of benzene rings is 2. The molecule has 2 aromatic rings. The van der Waals surface area contributed by atoms with Crippen molar-refractivity contribution >= 4 is 24.0 Å². The Morgan fingerprint density at radius 2 is 1.76 bits per heavy atom. The van der Waals surface area contributed by atoms with Crippen LogP contribution in [0.5, 0.6) is 0 Å². The number of carbonyl (C=O) groups excluding carboxylic acids is 2. The zero-order valence-electron chi connectivity index (χ0n) is 16.6. The average molecular weight is 401 g/mol. The van der Waals surface area contributed by atoms with Gasteiger partial charge in [0.15, 0.2) is 0 Å². The number of hydrogen-bond acceptors (Lipinski definition) is 5. The molecule has 1 aliphatic rings. The van der Waals surface area contributed by atoms with Crippen LogP contribution in [0.3, 0.4) is 0 Å². The minimum atomic E-state index is -1.19. The molecule has 0 aromatic heterocycles. The lowest BCUT2D eigenvalue weighted by atomic mass is 9.68. The third kappa shape index (κ3) is 7.05. The van der Waals surface area contributed by atoms with Crippen molar-refractivity contribution in [1.82, 2.24) is 0 Å². The lowest BCUT2D eigenvalue weighted by molar-refractivity contribution is -0.191. The van der Waals surface area contributed by atoms with Gasteiger partial charge in [-0.2, -0.15) is 9.59 Å². The quantitative estimate of drug-likeness (QED) is 0.442. The number of rotatable bonds is 9. The second kappa shape index (κ2) is 11.8. The van der Waals surface area contributed by atoms with Crippen molar-refractivity contribution in [3.05, 3.63) is 47.8 Å². The highest BCUT2D eigenvalue weighted by Crippen LogP contribution is 2.40. The number of fused-ring (bicyclic) bond motifs is 1. The van der Waals surface area contributed by atoms with E-state index in [1.807, 2.05) is 18.2 Å². The Balaban J connectivity index is 0.000000941. The van der Waals surface area contributed by atoms with E-state index >= 15 is 0 Å². The minimum absolute atomic E-state index is 0.146. The van der Waals surface area contributed by atoms with E-state index in [0.29, 0.717) is 23.5 Å². The largest absolute Gasteiger partial charge is 0.451 e. The van der Waals surface area contributed by atoms with Gasteiger partial charge >= 0.3 is 13.3 Å². The molecule has 3 rings (SSSR count). The van der Waals surface area contributed by atoms with E-state index in [4.69, 9.17) is 25.4 Å². The molecule has 1 fully saturated rings. The molecule has 1 saturated carbocycles. The maximum Gasteiger partial charge on any atom is 0.451 e. The van der Waals surface area contributed by atoms with E-state index < -0.39 is 7.12 Å². The highest BCUT2D eigenvalue weighted by atomic mass is 19.1. The first-order valence-corrected chi connectivity index (χ1v) is 10.2. The van der Waals surface area contributed by atoms with Gasteiger partial charge in [0.1, 0.15) is 5.82 Å². The average Bonchev–Trinajstić information content (AvgIpc) is 2.65. The molecule has 5 nitrogen and oxygen atoms in total. The zero-order chi connectivity index (χ0) is 21.2. The van der Waals surface area contributed by atoms with Crippen LogP contribution in [0, 0.1) is 17.7 Å². The van der Waals surface area contributed by atoms with Crippen molar-refractivity contribution in [3.8, 4) is 0 Å². The Morgan fingerprint density at radius 1 is 1.10 bits per heavy atom. The maximum atomic E-state index is 13.9. The summed E-state index contributed by atoms with van der Waals surface area (Å²) in [5.74, 6) is 1.17. The molecule has 1 unspecified atom stereocenters. The second-order valence-electron chi connectivity index (χ2n) is 7.90. The van der Waals surface area contributed by atoms with Crippen molar-refractivity contribution < 1.29 is 24.0 Å². The Kier molecular flexibility index (Phi) is 9.48. The molecule has 0 bridgehead atoms. The fraction of sp³-hybridized carbons (Fsp3) is 0.500. The summed E-state index contributed by atoms with van der Waals surface area (Å²) in [7, 11) is -1.19. The summed E-state index contributed by atoms with van der Waals surface area (Å²) >= 11 is 0.